The summed E-state index contributed by atoms with van der Waals surface area (Å²) in [4.78, 5) is 11.8. The van der Waals surface area contributed by atoms with Gasteiger partial charge in [-0.3, -0.25) is 4.79 Å². The van der Waals surface area contributed by atoms with Crippen LogP contribution in [0.25, 0.3) is 0 Å². The lowest BCUT2D eigenvalue weighted by molar-refractivity contribution is -0.115. The normalized spacial score (nSPS) is 9.50. The molecule has 0 saturated heterocycles. The molecule has 0 bridgehead atoms. The molecule has 0 saturated carbocycles. The molecule has 2 rings (SSSR count). The summed E-state index contributed by atoms with van der Waals surface area (Å²) in [5.41, 5.74) is 2.26. The Balaban J connectivity index is 1.97. The molecular weight excluding hydrogens is 224 g/mol. The topological polar surface area (TPSA) is 52.9 Å². The lowest BCUT2D eigenvalue weighted by Crippen LogP contribution is -2.14. The van der Waals surface area contributed by atoms with Crippen molar-refractivity contribution in [3.8, 4) is 6.07 Å². The van der Waals surface area contributed by atoms with E-state index in [2.05, 4.69) is 5.32 Å². The number of nitrogens with one attached hydrogen (secondary N) is 1. The predicted octanol–water partition coefficient (Wildman–Crippen LogP) is 2.74. The molecule has 0 atom stereocenters. The number of rotatable bonds is 3. The molecule has 0 unspecified atom stereocenters. The Hall–Kier alpha value is -2.60. The summed E-state index contributed by atoms with van der Waals surface area (Å²) < 4.78 is 0. The van der Waals surface area contributed by atoms with E-state index in [4.69, 9.17) is 5.26 Å². The molecule has 2 aromatic rings. The van der Waals surface area contributed by atoms with Gasteiger partial charge in [0.1, 0.15) is 0 Å². The molecule has 0 fully saturated rings. The third-order valence-electron chi connectivity index (χ3n) is 2.51. The van der Waals surface area contributed by atoms with E-state index in [1.165, 1.54) is 0 Å². The molecule has 0 aliphatic carbocycles. The number of carbonyl (C=O) groups excluding carboxylic acids is 1. The summed E-state index contributed by atoms with van der Waals surface area (Å²) in [5, 5.41) is 11.5. The van der Waals surface area contributed by atoms with Crippen molar-refractivity contribution in [2.24, 2.45) is 0 Å². The van der Waals surface area contributed by atoms with Crippen LogP contribution >= 0.6 is 0 Å². The number of amides is 1. The fourth-order valence-electron chi connectivity index (χ4n) is 1.61. The first-order valence-electron chi connectivity index (χ1n) is 5.62. The van der Waals surface area contributed by atoms with Crippen molar-refractivity contribution in [3.05, 3.63) is 65.7 Å². The zero-order chi connectivity index (χ0) is 12.8. The van der Waals surface area contributed by atoms with Crippen LogP contribution in [0.1, 0.15) is 11.1 Å². The molecule has 0 aliphatic rings. The van der Waals surface area contributed by atoms with E-state index in [9.17, 15) is 4.79 Å². The number of nitrogens with zero attached hydrogens (tertiary/aromatic N) is 1. The van der Waals surface area contributed by atoms with Crippen LogP contribution in [0.5, 0.6) is 0 Å². The van der Waals surface area contributed by atoms with Gasteiger partial charge in [-0.05, 0) is 29.8 Å². The lowest BCUT2D eigenvalue weighted by atomic mass is 10.1. The Morgan fingerprint density at radius 3 is 2.33 bits per heavy atom. The number of hydrogen-bond donors (Lipinski definition) is 1. The SMILES string of the molecule is N#Cc1ccc(NC(=O)Cc2ccccc2)cc1. The van der Waals surface area contributed by atoms with Crippen LogP contribution in [0.4, 0.5) is 5.69 Å². The number of nitriles is 1. The highest BCUT2D eigenvalue weighted by atomic mass is 16.1. The summed E-state index contributed by atoms with van der Waals surface area (Å²) in [5.74, 6) is -0.0640. The third kappa shape index (κ3) is 3.19. The van der Waals surface area contributed by atoms with Crippen molar-refractivity contribution in [3.63, 3.8) is 0 Å². The maximum Gasteiger partial charge on any atom is 0.228 e. The Labute approximate surface area is 106 Å². The maximum atomic E-state index is 11.8. The van der Waals surface area contributed by atoms with Crippen LogP contribution in [0.2, 0.25) is 0 Å². The standard InChI is InChI=1S/C15H12N2O/c16-11-13-6-8-14(9-7-13)17-15(18)10-12-4-2-1-3-5-12/h1-9H,10H2,(H,17,18). The first-order valence-corrected chi connectivity index (χ1v) is 5.62. The van der Waals surface area contributed by atoms with Crippen molar-refractivity contribution < 1.29 is 4.79 Å². The van der Waals surface area contributed by atoms with Crippen molar-refractivity contribution in [1.29, 1.82) is 5.26 Å². The van der Waals surface area contributed by atoms with E-state index in [-0.39, 0.29) is 5.91 Å². The highest BCUT2D eigenvalue weighted by Gasteiger charge is 2.03. The molecular formula is C15H12N2O. The van der Waals surface area contributed by atoms with E-state index in [1.54, 1.807) is 24.3 Å². The maximum absolute atomic E-state index is 11.8. The zero-order valence-electron chi connectivity index (χ0n) is 9.76. The highest BCUT2D eigenvalue weighted by molar-refractivity contribution is 5.92. The number of hydrogen-bond acceptors (Lipinski definition) is 2. The molecule has 1 amide bonds. The Bertz CT molecular complexity index is 568. The van der Waals surface area contributed by atoms with E-state index >= 15 is 0 Å². The summed E-state index contributed by atoms with van der Waals surface area (Å²) in [7, 11) is 0. The third-order valence-corrected chi connectivity index (χ3v) is 2.51. The number of anilines is 1. The Kier molecular flexibility index (Phi) is 3.72. The second kappa shape index (κ2) is 5.65. The lowest BCUT2D eigenvalue weighted by Gasteiger charge is -2.05. The van der Waals surface area contributed by atoms with Crippen LogP contribution in [-0.2, 0) is 11.2 Å². The van der Waals surface area contributed by atoms with Gasteiger partial charge in [-0.25, -0.2) is 0 Å². The second-order valence-corrected chi connectivity index (χ2v) is 3.90. The molecule has 3 nitrogen and oxygen atoms in total. The average Bonchev–Trinajstić information content (AvgIpc) is 2.40. The molecule has 18 heavy (non-hydrogen) atoms. The monoisotopic (exact) mass is 236 g/mol. The van der Waals surface area contributed by atoms with E-state index in [1.807, 2.05) is 36.4 Å². The fourth-order valence-corrected chi connectivity index (χ4v) is 1.61. The van der Waals surface area contributed by atoms with Crippen LogP contribution in [0.15, 0.2) is 54.6 Å². The van der Waals surface area contributed by atoms with Crippen LogP contribution in [0, 0.1) is 11.3 Å². The van der Waals surface area contributed by atoms with Gasteiger partial charge < -0.3 is 5.32 Å². The molecule has 88 valence electrons. The van der Waals surface area contributed by atoms with Crippen molar-refractivity contribution >= 4 is 11.6 Å². The van der Waals surface area contributed by atoms with Gasteiger partial charge in [-0.2, -0.15) is 5.26 Å². The first-order chi connectivity index (χ1) is 8.78. The summed E-state index contributed by atoms with van der Waals surface area (Å²) in [6.07, 6.45) is 0.348. The molecule has 0 heterocycles. The van der Waals surface area contributed by atoms with Gasteiger partial charge in [-0.15, -0.1) is 0 Å². The van der Waals surface area contributed by atoms with Gasteiger partial charge >= 0.3 is 0 Å². The van der Waals surface area contributed by atoms with Crippen LogP contribution in [-0.4, -0.2) is 5.91 Å². The summed E-state index contributed by atoms with van der Waals surface area (Å²) in [6, 6.07) is 18.4. The summed E-state index contributed by atoms with van der Waals surface area (Å²) in [6.45, 7) is 0. The minimum Gasteiger partial charge on any atom is -0.326 e. The Morgan fingerprint density at radius 1 is 1.06 bits per heavy atom. The van der Waals surface area contributed by atoms with Gasteiger partial charge in [0.25, 0.3) is 0 Å². The largest absolute Gasteiger partial charge is 0.326 e. The van der Waals surface area contributed by atoms with E-state index in [0.717, 1.165) is 5.56 Å². The van der Waals surface area contributed by atoms with Crippen LogP contribution in [0.3, 0.4) is 0 Å². The minimum absolute atomic E-state index is 0.0640. The second-order valence-electron chi connectivity index (χ2n) is 3.90. The zero-order valence-corrected chi connectivity index (χ0v) is 9.76. The van der Waals surface area contributed by atoms with Gasteiger partial charge in [0.2, 0.25) is 5.91 Å². The molecule has 2 aromatic carbocycles. The first kappa shape index (κ1) is 11.9. The van der Waals surface area contributed by atoms with Gasteiger partial charge in [0.15, 0.2) is 0 Å². The molecule has 0 spiro atoms. The molecule has 1 N–H and O–H groups in total. The molecule has 0 radical (unpaired) electrons. The fraction of sp³-hybridized carbons (Fsp3) is 0.0667. The number of benzene rings is 2. The van der Waals surface area contributed by atoms with Gasteiger partial charge in [0, 0.05) is 5.69 Å². The van der Waals surface area contributed by atoms with E-state index in [0.29, 0.717) is 17.7 Å². The van der Waals surface area contributed by atoms with Crippen LogP contribution < -0.4 is 5.32 Å². The van der Waals surface area contributed by atoms with Gasteiger partial charge in [0.05, 0.1) is 18.1 Å². The predicted molar refractivity (Wildman–Crippen MR) is 69.9 cm³/mol. The minimum atomic E-state index is -0.0640. The quantitative estimate of drug-likeness (QED) is 0.890. The summed E-state index contributed by atoms with van der Waals surface area (Å²) >= 11 is 0. The van der Waals surface area contributed by atoms with Crippen molar-refractivity contribution in [1.82, 2.24) is 0 Å². The van der Waals surface area contributed by atoms with Gasteiger partial charge in [-0.1, -0.05) is 30.3 Å². The smallest absolute Gasteiger partial charge is 0.228 e. The Morgan fingerprint density at radius 2 is 1.72 bits per heavy atom. The average molecular weight is 236 g/mol. The molecule has 3 heteroatoms. The molecule has 0 aliphatic heterocycles. The van der Waals surface area contributed by atoms with Crippen molar-refractivity contribution in [2.75, 3.05) is 5.32 Å². The van der Waals surface area contributed by atoms with E-state index < -0.39 is 0 Å². The highest BCUT2D eigenvalue weighted by Crippen LogP contribution is 2.09. The van der Waals surface area contributed by atoms with Crippen molar-refractivity contribution in [2.45, 2.75) is 6.42 Å². The molecule has 0 aromatic heterocycles. The number of carbonyl (C=O) groups is 1.